The van der Waals surface area contributed by atoms with E-state index in [1.165, 1.54) is 0 Å². The van der Waals surface area contributed by atoms with Crippen LogP contribution < -0.4 is 11.3 Å². The molecule has 0 saturated heterocycles. The zero-order valence-corrected chi connectivity index (χ0v) is 11.4. The van der Waals surface area contributed by atoms with E-state index in [-0.39, 0.29) is 20.3 Å². The van der Waals surface area contributed by atoms with Gasteiger partial charge in [0.1, 0.15) is 0 Å². The number of fused-ring (bicyclic) bond motifs is 1. The summed E-state index contributed by atoms with van der Waals surface area (Å²) in [5.41, 5.74) is 7.73. The van der Waals surface area contributed by atoms with Crippen LogP contribution in [0.1, 0.15) is 5.56 Å². The van der Waals surface area contributed by atoms with Crippen LogP contribution in [-0.2, 0) is 6.54 Å². The average Bonchev–Trinajstić information content (AvgIpc) is 2.77. The van der Waals surface area contributed by atoms with E-state index in [9.17, 15) is 4.79 Å². The van der Waals surface area contributed by atoms with Crippen molar-refractivity contribution in [2.45, 2.75) is 6.54 Å². The Hall–Kier alpha value is -1.61. The van der Waals surface area contributed by atoms with E-state index in [2.05, 4.69) is 0 Å². The van der Waals surface area contributed by atoms with E-state index in [4.69, 9.17) is 5.73 Å². The summed E-state index contributed by atoms with van der Waals surface area (Å²) in [4.78, 5) is 12.3. The average molecular weight is 303 g/mol. The standard InChI is InChI=1S/C14H12N2OSe/c15-9-10-4-3-5-11(8-10)16-14(17)12-6-1-2-7-13(12)18-16/h1-8H,9,15H2. The number of hydrogen-bond donors (Lipinski definition) is 1. The van der Waals surface area contributed by atoms with Gasteiger partial charge in [-0.2, -0.15) is 0 Å². The van der Waals surface area contributed by atoms with Gasteiger partial charge in [-0.1, -0.05) is 0 Å². The fourth-order valence-corrected chi connectivity index (χ4v) is 4.03. The van der Waals surface area contributed by atoms with E-state index in [0.29, 0.717) is 6.54 Å². The SMILES string of the molecule is NCc1cccc(-n2[se]c3ccccc3c2=O)c1. The van der Waals surface area contributed by atoms with Crippen molar-refractivity contribution in [2.75, 3.05) is 0 Å². The zero-order valence-electron chi connectivity index (χ0n) is 9.67. The fraction of sp³-hybridized carbons (Fsp3) is 0.0714. The van der Waals surface area contributed by atoms with Crippen molar-refractivity contribution in [2.24, 2.45) is 5.73 Å². The maximum absolute atomic E-state index is 12.3. The van der Waals surface area contributed by atoms with Crippen LogP contribution in [0.2, 0.25) is 0 Å². The third-order valence-electron chi connectivity index (χ3n) is 2.87. The molecule has 0 spiro atoms. The van der Waals surface area contributed by atoms with Crippen LogP contribution >= 0.6 is 0 Å². The van der Waals surface area contributed by atoms with Crippen LogP contribution in [0.3, 0.4) is 0 Å². The monoisotopic (exact) mass is 304 g/mol. The van der Waals surface area contributed by atoms with Gasteiger partial charge in [0, 0.05) is 0 Å². The molecule has 0 saturated carbocycles. The van der Waals surface area contributed by atoms with Crippen molar-refractivity contribution in [1.82, 2.24) is 3.56 Å². The van der Waals surface area contributed by atoms with Gasteiger partial charge in [0.2, 0.25) is 0 Å². The van der Waals surface area contributed by atoms with Crippen molar-refractivity contribution in [3.63, 3.8) is 0 Å². The van der Waals surface area contributed by atoms with E-state index in [0.717, 1.165) is 20.9 Å². The van der Waals surface area contributed by atoms with Crippen molar-refractivity contribution in [3.05, 3.63) is 64.4 Å². The Bertz CT molecular complexity index is 758. The minimum absolute atomic E-state index is 0.0287. The molecule has 0 unspecified atom stereocenters. The van der Waals surface area contributed by atoms with Gasteiger partial charge in [0.05, 0.1) is 0 Å². The van der Waals surface area contributed by atoms with Crippen LogP contribution in [0.25, 0.3) is 15.3 Å². The third-order valence-corrected chi connectivity index (χ3v) is 5.21. The molecule has 3 rings (SSSR count). The molecule has 0 aliphatic rings. The summed E-state index contributed by atoms with van der Waals surface area (Å²) in [5, 5.41) is 0.829. The van der Waals surface area contributed by atoms with E-state index < -0.39 is 0 Å². The Morgan fingerprint density at radius 3 is 2.72 bits per heavy atom. The second-order valence-corrected chi connectivity index (χ2v) is 6.13. The maximum atomic E-state index is 12.3. The summed E-state index contributed by atoms with van der Waals surface area (Å²) in [6, 6.07) is 15.7. The number of aromatic nitrogens is 1. The van der Waals surface area contributed by atoms with E-state index in [1.54, 1.807) is 0 Å². The summed E-state index contributed by atoms with van der Waals surface area (Å²) < 4.78 is 3.00. The molecule has 0 bridgehead atoms. The molecule has 0 fully saturated rings. The van der Waals surface area contributed by atoms with Crippen molar-refractivity contribution < 1.29 is 0 Å². The van der Waals surface area contributed by atoms with Crippen LogP contribution in [0.4, 0.5) is 0 Å². The fourth-order valence-electron chi connectivity index (χ4n) is 1.95. The molecule has 2 aromatic carbocycles. The number of rotatable bonds is 2. The van der Waals surface area contributed by atoms with Crippen LogP contribution in [0.5, 0.6) is 0 Å². The topological polar surface area (TPSA) is 48.0 Å². The zero-order chi connectivity index (χ0) is 12.5. The van der Waals surface area contributed by atoms with Gasteiger partial charge in [-0.25, -0.2) is 0 Å². The quantitative estimate of drug-likeness (QED) is 0.730. The molecule has 1 aromatic heterocycles. The van der Waals surface area contributed by atoms with Crippen molar-refractivity contribution in [1.29, 1.82) is 0 Å². The molecule has 3 aromatic rings. The Morgan fingerprint density at radius 2 is 1.94 bits per heavy atom. The molecule has 0 amide bonds. The van der Waals surface area contributed by atoms with Gasteiger partial charge >= 0.3 is 110 Å². The first kappa shape index (κ1) is 11.5. The summed E-state index contributed by atoms with van der Waals surface area (Å²) in [5.74, 6) is 0. The molecule has 18 heavy (non-hydrogen) atoms. The molecule has 90 valence electrons. The number of nitrogens with two attached hydrogens (primary N) is 1. The van der Waals surface area contributed by atoms with Crippen molar-refractivity contribution in [3.8, 4) is 5.69 Å². The van der Waals surface area contributed by atoms with E-state index in [1.807, 2.05) is 52.1 Å². The molecule has 0 radical (unpaired) electrons. The van der Waals surface area contributed by atoms with Crippen LogP contribution in [0, 0.1) is 0 Å². The normalized spacial score (nSPS) is 10.9. The van der Waals surface area contributed by atoms with Gasteiger partial charge in [-0.15, -0.1) is 0 Å². The Labute approximate surface area is 110 Å². The van der Waals surface area contributed by atoms with Gasteiger partial charge in [0.15, 0.2) is 0 Å². The van der Waals surface area contributed by atoms with E-state index >= 15 is 0 Å². The Morgan fingerprint density at radius 1 is 1.11 bits per heavy atom. The molecular weight excluding hydrogens is 291 g/mol. The Balaban J connectivity index is 2.25. The predicted octanol–water partition coefficient (Wildman–Crippen LogP) is 1.51. The summed E-state index contributed by atoms with van der Waals surface area (Å²) in [6.07, 6.45) is 0. The van der Waals surface area contributed by atoms with Crippen molar-refractivity contribution >= 4 is 24.4 Å². The predicted molar refractivity (Wildman–Crippen MR) is 74.4 cm³/mol. The third kappa shape index (κ3) is 1.85. The summed E-state index contributed by atoms with van der Waals surface area (Å²) in [6.45, 7) is 0.496. The Kier molecular flexibility index (Phi) is 2.92. The molecule has 1 heterocycles. The van der Waals surface area contributed by atoms with Gasteiger partial charge < -0.3 is 0 Å². The number of benzene rings is 2. The van der Waals surface area contributed by atoms with Crippen LogP contribution in [0.15, 0.2) is 53.3 Å². The first-order chi connectivity index (χ1) is 8.79. The first-order valence-electron chi connectivity index (χ1n) is 5.70. The molecule has 0 aliphatic heterocycles. The molecule has 4 heteroatoms. The number of hydrogen-bond acceptors (Lipinski definition) is 2. The first-order valence-corrected chi connectivity index (χ1v) is 7.32. The number of nitrogens with zero attached hydrogens (tertiary/aromatic N) is 1. The van der Waals surface area contributed by atoms with Gasteiger partial charge in [0.25, 0.3) is 0 Å². The summed E-state index contributed by atoms with van der Waals surface area (Å²) in [7, 11) is 0. The minimum atomic E-state index is 0.0287. The molecule has 0 aliphatic carbocycles. The molecule has 3 nitrogen and oxygen atoms in total. The second kappa shape index (κ2) is 4.58. The molecular formula is C14H12N2OSe. The molecule has 0 atom stereocenters. The van der Waals surface area contributed by atoms with Crippen LogP contribution in [-0.4, -0.2) is 18.3 Å². The van der Waals surface area contributed by atoms with Gasteiger partial charge in [-0.3, -0.25) is 0 Å². The summed E-state index contributed by atoms with van der Waals surface area (Å²) >= 11 is 0.0287. The van der Waals surface area contributed by atoms with Gasteiger partial charge in [-0.05, 0) is 0 Å². The molecule has 2 N–H and O–H groups in total. The second-order valence-electron chi connectivity index (χ2n) is 4.06.